The zero-order valence-electron chi connectivity index (χ0n) is 20.0. The van der Waals surface area contributed by atoms with E-state index in [0.29, 0.717) is 12.2 Å². The molecule has 0 saturated carbocycles. The molecule has 3 aromatic carbocycles. The third-order valence-electron chi connectivity index (χ3n) is 5.98. The van der Waals surface area contributed by atoms with E-state index in [-0.39, 0.29) is 41.6 Å². The highest BCUT2D eigenvalue weighted by Crippen LogP contribution is 2.26. The quantitative estimate of drug-likeness (QED) is 0.471. The summed E-state index contributed by atoms with van der Waals surface area (Å²) in [5.41, 5.74) is 3.35. The molecule has 0 fully saturated rings. The van der Waals surface area contributed by atoms with E-state index in [1.54, 1.807) is 30.2 Å². The predicted molar refractivity (Wildman–Crippen MR) is 138 cm³/mol. The van der Waals surface area contributed by atoms with Gasteiger partial charge >= 0.3 is 6.09 Å². The van der Waals surface area contributed by atoms with Crippen LogP contribution in [0.3, 0.4) is 0 Å². The maximum absolute atomic E-state index is 12.4. The number of anilines is 1. The normalized spacial score (nSPS) is 15.0. The molecule has 0 aromatic heterocycles. The maximum Gasteiger partial charge on any atom is 0.414 e. The first-order chi connectivity index (χ1) is 17.3. The summed E-state index contributed by atoms with van der Waals surface area (Å²) in [6.07, 6.45) is 3.45. The van der Waals surface area contributed by atoms with Gasteiger partial charge in [-0.05, 0) is 41.0 Å². The molecule has 1 heterocycles. The second-order valence-corrected chi connectivity index (χ2v) is 10.8. The molecule has 4 rings (SSSR count). The minimum absolute atomic E-state index is 0.0376. The van der Waals surface area contributed by atoms with Crippen molar-refractivity contribution < 1.29 is 22.7 Å². The fourth-order valence-corrected chi connectivity index (χ4v) is 4.77. The average Bonchev–Trinajstić information content (AvgIpc) is 3.39. The van der Waals surface area contributed by atoms with E-state index < -0.39 is 9.84 Å². The van der Waals surface area contributed by atoms with Gasteiger partial charge in [0.1, 0.15) is 6.61 Å². The minimum Gasteiger partial charge on any atom is -0.444 e. The lowest BCUT2D eigenvalue weighted by molar-refractivity contribution is -0.115. The topological polar surface area (TPSA) is 92.8 Å². The zero-order chi connectivity index (χ0) is 25.5. The standard InChI is InChI=1S/C28H28N2O5S/c1-2-36(33,34)26-14-8-21(9-15-26)18-27(31)29-25-12-10-23(11-13-25)24-16-17-30(19-24)28(32)35-20-22-6-4-3-5-7-22/h3-17,24H,2,18-20H2,1H3,(H,29,31). The number of hydrogen-bond acceptors (Lipinski definition) is 5. The van der Waals surface area contributed by atoms with Crippen LogP contribution in [-0.4, -0.2) is 37.6 Å². The van der Waals surface area contributed by atoms with Crippen LogP contribution in [0.25, 0.3) is 0 Å². The number of nitrogens with one attached hydrogen (secondary N) is 1. The third-order valence-corrected chi connectivity index (χ3v) is 7.73. The number of hydrogen-bond donors (Lipinski definition) is 1. The van der Waals surface area contributed by atoms with Crippen molar-refractivity contribution in [2.75, 3.05) is 17.6 Å². The Morgan fingerprint density at radius 1 is 0.944 bits per heavy atom. The fraction of sp³-hybridized carbons (Fsp3) is 0.214. The zero-order valence-corrected chi connectivity index (χ0v) is 20.8. The van der Waals surface area contributed by atoms with Crippen molar-refractivity contribution in [1.82, 2.24) is 4.90 Å². The van der Waals surface area contributed by atoms with E-state index in [1.165, 1.54) is 12.1 Å². The van der Waals surface area contributed by atoms with Crippen molar-refractivity contribution in [2.24, 2.45) is 0 Å². The molecule has 0 spiro atoms. The summed E-state index contributed by atoms with van der Waals surface area (Å²) in [4.78, 5) is 26.6. The molecule has 0 saturated heterocycles. The Morgan fingerprint density at radius 3 is 2.31 bits per heavy atom. The van der Waals surface area contributed by atoms with E-state index in [2.05, 4.69) is 5.32 Å². The van der Waals surface area contributed by atoms with Gasteiger partial charge in [-0.3, -0.25) is 9.69 Å². The highest BCUT2D eigenvalue weighted by molar-refractivity contribution is 7.91. The fourth-order valence-electron chi connectivity index (χ4n) is 3.88. The van der Waals surface area contributed by atoms with Crippen molar-refractivity contribution in [3.05, 3.63) is 108 Å². The lowest BCUT2D eigenvalue weighted by Gasteiger charge is -2.17. The van der Waals surface area contributed by atoms with Gasteiger partial charge in [0, 0.05) is 24.4 Å². The number of rotatable bonds is 8. The summed E-state index contributed by atoms with van der Waals surface area (Å²) in [6.45, 7) is 2.32. The molecule has 1 atom stereocenters. The molecule has 7 nitrogen and oxygen atoms in total. The van der Waals surface area contributed by atoms with Crippen LogP contribution < -0.4 is 5.32 Å². The number of amides is 2. The van der Waals surface area contributed by atoms with Gasteiger partial charge in [-0.2, -0.15) is 0 Å². The van der Waals surface area contributed by atoms with Crippen LogP contribution in [0, 0.1) is 0 Å². The molecular formula is C28H28N2O5S. The predicted octanol–water partition coefficient (Wildman–Crippen LogP) is 4.91. The molecule has 0 radical (unpaired) electrons. The van der Waals surface area contributed by atoms with Crippen LogP contribution in [0.15, 0.2) is 96.0 Å². The Balaban J connectivity index is 1.26. The number of nitrogens with zero attached hydrogens (tertiary/aromatic N) is 1. The number of carbonyl (C=O) groups is 2. The molecule has 2 amide bonds. The SMILES string of the molecule is CCS(=O)(=O)c1ccc(CC(=O)Nc2ccc(C3C=CN(C(=O)OCc4ccccc4)C3)cc2)cc1. The van der Waals surface area contributed by atoms with Gasteiger partial charge in [-0.1, -0.05) is 67.6 Å². The maximum atomic E-state index is 12.4. The van der Waals surface area contributed by atoms with Gasteiger partial charge in [-0.25, -0.2) is 13.2 Å². The molecule has 8 heteroatoms. The summed E-state index contributed by atoms with van der Waals surface area (Å²) in [5, 5.41) is 2.86. The Hall–Kier alpha value is -3.91. The molecule has 36 heavy (non-hydrogen) atoms. The molecule has 186 valence electrons. The van der Waals surface area contributed by atoms with E-state index in [9.17, 15) is 18.0 Å². The van der Waals surface area contributed by atoms with Gasteiger partial charge in [0.05, 0.1) is 17.1 Å². The molecule has 1 aliphatic rings. The van der Waals surface area contributed by atoms with Gasteiger partial charge in [-0.15, -0.1) is 0 Å². The van der Waals surface area contributed by atoms with Crippen molar-refractivity contribution in [2.45, 2.75) is 30.8 Å². The van der Waals surface area contributed by atoms with Crippen molar-refractivity contribution in [1.29, 1.82) is 0 Å². The minimum atomic E-state index is -3.26. The summed E-state index contributed by atoms with van der Waals surface area (Å²) in [7, 11) is -3.26. The first-order valence-electron chi connectivity index (χ1n) is 11.7. The highest BCUT2D eigenvalue weighted by Gasteiger charge is 2.23. The number of ether oxygens (including phenoxy) is 1. The third kappa shape index (κ3) is 6.40. The summed E-state index contributed by atoms with van der Waals surface area (Å²) in [6, 6.07) is 23.4. The van der Waals surface area contributed by atoms with Crippen LogP contribution in [0.4, 0.5) is 10.5 Å². The second kappa shape index (κ2) is 11.2. The van der Waals surface area contributed by atoms with E-state index in [4.69, 9.17) is 4.74 Å². The van der Waals surface area contributed by atoms with Crippen molar-refractivity contribution in [3.8, 4) is 0 Å². The Bertz CT molecular complexity index is 1330. The summed E-state index contributed by atoms with van der Waals surface area (Å²) in [5.74, 6) is -0.116. The molecule has 3 aromatic rings. The molecular weight excluding hydrogens is 476 g/mol. The molecule has 0 aliphatic carbocycles. The number of benzene rings is 3. The average molecular weight is 505 g/mol. The van der Waals surface area contributed by atoms with Gasteiger partial charge < -0.3 is 10.1 Å². The van der Waals surface area contributed by atoms with Crippen molar-refractivity contribution >= 4 is 27.5 Å². The Kier molecular flexibility index (Phi) is 7.85. The Labute approximate surface area is 211 Å². The lowest BCUT2D eigenvalue weighted by Crippen LogP contribution is -2.26. The van der Waals surface area contributed by atoms with E-state index in [1.807, 2.05) is 60.7 Å². The Morgan fingerprint density at radius 2 is 1.64 bits per heavy atom. The van der Waals surface area contributed by atoms with Gasteiger partial charge in [0.25, 0.3) is 0 Å². The molecule has 1 aliphatic heterocycles. The smallest absolute Gasteiger partial charge is 0.414 e. The van der Waals surface area contributed by atoms with E-state index in [0.717, 1.165) is 16.7 Å². The molecule has 0 bridgehead atoms. The number of sulfone groups is 1. The first kappa shape index (κ1) is 25.2. The van der Waals surface area contributed by atoms with Crippen molar-refractivity contribution in [3.63, 3.8) is 0 Å². The van der Waals surface area contributed by atoms with Crippen LogP contribution >= 0.6 is 0 Å². The molecule has 1 N–H and O–H groups in total. The van der Waals surface area contributed by atoms with Crippen LogP contribution in [0.2, 0.25) is 0 Å². The van der Waals surface area contributed by atoms with Crippen LogP contribution in [0.1, 0.15) is 29.5 Å². The first-order valence-corrected chi connectivity index (χ1v) is 13.4. The summed E-state index contributed by atoms with van der Waals surface area (Å²) < 4.78 is 29.2. The number of carbonyl (C=O) groups excluding carboxylic acids is 2. The lowest BCUT2D eigenvalue weighted by atomic mass is 10.0. The summed E-state index contributed by atoms with van der Waals surface area (Å²) >= 11 is 0. The second-order valence-electron chi connectivity index (χ2n) is 8.53. The van der Waals surface area contributed by atoms with Gasteiger partial charge in [0.2, 0.25) is 5.91 Å². The van der Waals surface area contributed by atoms with E-state index >= 15 is 0 Å². The highest BCUT2D eigenvalue weighted by atomic mass is 32.2. The monoisotopic (exact) mass is 504 g/mol. The van der Waals surface area contributed by atoms with Gasteiger partial charge in [0.15, 0.2) is 9.84 Å². The van der Waals surface area contributed by atoms with Crippen LogP contribution in [-0.2, 0) is 32.4 Å². The largest absolute Gasteiger partial charge is 0.444 e. The molecule has 1 unspecified atom stereocenters. The van der Waals surface area contributed by atoms with Crippen LogP contribution in [0.5, 0.6) is 0 Å².